The molecule has 0 aliphatic carbocycles. The molecule has 0 spiro atoms. The molecule has 3 aromatic rings. The van der Waals surface area contributed by atoms with Crippen molar-refractivity contribution in [2.45, 2.75) is 16.7 Å². The van der Waals surface area contributed by atoms with Crippen LogP contribution in [-0.4, -0.2) is 58.5 Å². The minimum atomic E-state index is -5.19. The fraction of sp³-hybridized carbons (Fsp3) is 0.190. The molecule has 0 aliphatic rings. The van der Waals surface area contributed by atoms with Gasteiger partial charge in [0.1, 0.15) is 37.5 Å². The van der Waals surface area contributed by atoms with Gasteiger partial charge < -0.3 is 25.0 Å². The number of benzene rings is 3. The third kappa shape index (κ3) is 14.0. The van der Waals surface area contributed by atoms with Gasteiger partial charge in [0, 0.05) is 18.0 Å². The number of anilines is 2. The summed E-state index contributed by atoms with van der Waals surface area (Å²) in [6.07, 6.45) is 0. The third-order valence-electron chi connectivity index (χ3n) is 5.10. The van der Waals surface area contributed by atoms with E-state index < -0.39 is 58.2 Å². The molecule has 0 aliphatic heterocycles. The predicted molar refractivity (Wildman–Crippen MR) is 143 cm³/mol. The Kier molecular flexibility index (Phi) is 19.6. The molecular formula is C21H19N4Na3O13S4. The van der Waals surface area contributed by atoms with Crippen molar-refractivity contribution in [3.63, 3.8) is 0 Å². The van der Waals surface area contributed by atoms with Crippen molar-refractivity contribution in [1.82, 2.24) is 0 Å². The summed E-state index contributed by atoms with van der Waals surface area (Å²) in [7, 11) is -13.7. The third-order valence-corrected chi connectivity index (χ3v) is 8.57. The molecule has 228 valence electrons. The number of sulfone groups is 1. The number of hydrogen-bond donors (Lipinski definition) is 2. The number of nitrogens with one attached hydrogen (secondary N) is 2. The first-order valence-corrected chi connectivity index (χ1v) is 16.4. The first kappa shape index (κ1) is 44.8. The van der Waals surface area contributed by atoms with Crippen LogP contribution in [0.2, 0.25) is 0 Å². The number of nitrogens with zero attached hydrogens (tertiary/aromatic N) is 2. The second-order valence-corrected chi connectivity index (χ2v) is 13.4. The minimum absolute atomic E-state index is 0. The van der Waals surface area contributed by atoms with Gasteiger partial charge in [-0.05, 0) is 41.8 Å². The average Bonchev–Trinajstić information content (AvgIpc) is 2.89. The van der Waals surface area contributed by atoms with E-state index in [1.165, 1.54) is 31.2 Å². The maximum Gasteiger partial charge on any atom is 1.00 e. The minimum Gasteiger partial charge on any atom is -0.747 e. The van der Waals surface area contributed by atoms with Gasteiger partial charge in [-0.2, -0.15) is 0 Å². The van der Waals surface area contributed by atoms with Gasteiger partial charge in [0.15, 0.2) is 22.2 Å². The molecule has 0 heterocycles. The number of amides is 1. The van der Waals surface area contributed by atoms with E-state index in [4.69, 9.17) is 4.18 Å². The normalized spacial score (nSPS) is 11.7. The van der Waals surface area contributed by atoms with Crippen molar-refractivity contribution >= 4 is 81.8 Å². The molecule has 0 radical (unpaired) electrons. The summed E-state index contributed by atoms with van der Waals surface area (Å²) in [5.74, 6) is -2.02. The first-order valence-electron chi connectivity index (χ1n) is 11.1. The van der Waals surface area contributed by atoms with E-state index in [9.17, 15) is 44.4 Å². The molecule has 45 heavy (non-hydrogen) atoms. The Balaban J connectivity index is 0.00000645. The first-order chi connectivity index (χ1) is 19.6. The van der Waals surface area contributed by atoms with Gasteiger partial charge >= 0.3 is 88.7 Å². The van der Waals surface area contributed by atoms with Crippen LogP contribution >= 0.6 is 12.3 Å². The van der Waals surface area contributed by atoms with Crippen LogP contribution in [0.4, 0.5) is 22.7 Å². The number of fused-ring (bicyclic) bond motifs is 1. The molecule has 2 N–H and O–H groups in total. The Morgan fingerprint density at radius 3 is 2.16 bits per heavy atom. The molecule has 1 amide bonds. The van der Waals surface area contributed by atoms with Crippen LogP contribution in [0.25, 0.3) is 10.8 Å². The number of carbonyl (C=O) groups is 1. The monoisotopic (exact) mass is 732 g/mol. The van der Waals surface area contributed by atoms with Gasteiger partial charge in [-0.3, -0.25) is 14.0 Å². The van der Waals surface area contributed by atoms with E-state index in [2.05, 4.69) is 30.2 Å². The zero-order valence-electron chi connectivity index (χ0n) is 24.1. The maximum absolute atomic E-state index is 12.6. The molecule has 0 saturated carbocycles. The molecule has 0 atom stereocenters. The fourth-order valence-corrected chi connectivity index (χ4v) is 6.03. The van der Waals surface area contributed by atoms with Crippen molar-refractivity contribution in [1.29, 1.82) is 0 Å². The second kappa shape index (κ2) is 19.7. The van der Waals surface area contributed by atoms with Crippen molar-refractivity contribution < 1.29 is 147 Å². The van der Waals surface area contributed by atoms with Gasteiger partial charge in [0.2, 0.25) is 5.91 Å². The SMILES string of the molecule is CC(=O)Nc1cc(NCS(=O)(=O)[O-])ccc1N=Nc1ccc2cc(S(=O)(=O)CCOSOO[O-])ccc2c1S(=O)(=O)[O-].[Na+].[Na+].[Na+]. The predicted octanol–water partition coefficient (Wildman–Crippen LogP) is -7.38. The van der Waals surface area contributed by atoms with Crippen LogP contribution in [0.15, 0.2) is 68.6 Å². The summed E-state index contributed by atoms with van der Waals surface area (Å²) in [6, 6.07) is 9.63. The Bertz CT molecular complexity index is 1850. The van der Waals surface area contributed by atoms with E-state index >= 15 is 0 Å². The zero-order valence-corrected chi connectivity index (χ0v) is 33.3. The molecule has 3 rings (SSSR count). The number of hydrogen-bond acceptors (Lipinski definition) is 17. The summed E-state index contributed by atoms with van der Waals surface area (Å²) in [6.45, 7) is 0.788. The van der Waals surface area contributed by atoms with Gasteiger partial charge in [-0.25, -0.2) is 25.3 Å². The fourth-order valence-electron chi connectivity index (χ4n) is 3.43. The van der Waals surface area contributed by atoms with E-state index in [0.29, 0.717) is 0 Å². The second-order valence-electron chi connectivity index (χ2n) is 8.09. The topological polar surface area (TPSA) is 265 Å². The van der Waals surface area contributed by atoms with Crippen LogP contribution in [0.3, 0.4) is 0 Å². The summed E-state index contributed by atoms with van der Waals surface area (Å²) >= 11 is 0.131. The molecule has 0 aromatic heterocycles. The molecule has 0 fully saturated rings. The molecular weight excluding hydrogens is 713 g/mol. The Hall–Kier alpha value is -0.250. The molecule has 0 unspecified atom stereocenters. The van der Waals surface area contributed by atoms with Crippen molar-refractivity contribution in [3.8, 4) is 0 Å². The summed E-state index contributed by atoms with van der Waals surface area (Å²) in [5.41, 5.74) is -0.278. The number of carbonyl (C=O) groups excluding carboxylic acids is 1. The molecule has 0 bridgehead atoms. The van der Waals surface area contributed by atoms with E-state index in [-0.39, 0.29) is 140 Å². The zero-order chi connectivity index (χ0) is 31.1. The average molecular weight is 733 g/mol. The Morgan fingerprint density at radius 2 is 1.56 bits per heavy atom. The molecule has 3 aromatic carbocycles. The molecule has 24 heteroatoms. The maximum atomic E-state index is 12.6. The van der Waals surface area contributed by atoms with Gasteiger partial charge in [-0.15, -0.1) is 14.6 Å². The van der Waals surface area contributed by atoms with Crippen LogP contribution in [-0.2, 0) is 48.4 Å². The number of azo groups is 1. The summed E-state index contributed by atoms with van der Waals surface area (Å²) < 4.78 is 103. The van der Waals surface area contributed by atoms with Gasteiger partial charge in [-0.1, -0.05) is 12.1 Å². The van der Waals surface area contributed by atoms with Crippen LogP contribution in [0.5, 0.6) is 0 Å². The van der Waals surface area contributed by atoms with E-state index in [1.807, 2.05) is 0 Å². The smallest absolute Gasteiger partial charge is 0.747 e. The Morgan fingerprint density at radius 1 is 0.911 bits per heavy atom. The summed E-state index contributed by atoms with van der Waals surface area (Å²) in [4.78, 5) is 10.6. The van der Waals surface area contributed by atoms with Crippen LogP contribution in [0.1, 0.15) is 6.92 Å². The Labute approximate surface area is 328 Å². The van der Waals surface area contributed by atoms with Crippen molar-refractivity contribution in [2.75, 3.05) is 28.9 Å². The van der Waals surface area contributed by atoms with Crippen LogP contribution < -0.4 is 105 Å². The van der Waals surface area contributed by atoms with E-state index in [0.717, 1.165) is 24.3 Å². The largest absolute Gasteiger partial charge is 1.00 e. The van der Waals surface area contributed by atoms with E-state index in [1.54, 1.807) is 0 Å². The van der Waals surface area contributed by atoms with Crippen molar-refractivity contribution in [3.05, 3.63) is 48.5 Å². The van der Waals surface area contributed by atoms with Gasteiger partial charge in [0.05, 0.1) is 27.8 Å². The molecule has 0 saturated heterocycles. The van der Waals surface area contributed by atoms with Crippen molar-refractivity contribution in [2.24, 2.45) is 10.2 Å². The quantitative estimate of drug-likeness (QED) is 0.0297. The van der Waals surface area contributed by atoms with Crippen LogP contribution in [0, 0.1) is 0 Å². The standard InChI is InChI=1S/C21H22N4O13S4.3Na/c1-13(26)23-20-11-15(22-12-41(30,31)32)3-7-18(20)24-25-19-6-2-14-10-16(4-5-17(14)21(19)42(33,34)35)40(28,29)9-8-36-39-38-37-27;;;/h2-7,10-11,22,27H,8-9,12H2,1H3,(H,23,26)(H,30,31,32)(H,33,34,35);;;/q;3*+1/p-3. The van der Waals surface area contributed by atoms with Gasteiger partial charge in [0.25, 0.3) is 0 Å². The summed E-state index contributed by atoms with van der Waals surface area (Å²) in [5, 5.41) is 25.3. The number of rotatable bonds is 14. The molecule has 17 nitrogen and oxygen atoms in total.